The summed E-state index contributed by atoms with van der Waals surface area (Å²) in [4.78, 5) is 6.65. The zero-order valence-corrected chi connectivity index (χ0v) is 11.4. The van der Waals surface area contributed by atoms with Crippen molar-refractivity contribution in [3.63, 3.8) is 0 Å². The second-order valence-electron chi connectivity index (χ2n) is 5.76. The SMILES string of the molecule is CC(C)(C)c1ccc(N2CCOCC2CO)nc1. The Balaban J connectivity index is 2.18. The highest BCUT2D eigenvalue weighted by atomic mass is 16.5. The largest absolute Gasteiger partial charge is 0.394 e. The number of aliphatic hydroxyl groups excluding tert-OH is 1. The zero-order chi connectivity index (χ0) is 13.2. The van der Waals surface area contributed by atoms with Crippen molar-refractivity contribution in [2.45, 2.75) is 32.2 Å². The molecule has 1 saturated heterocycles. The van der Waals surface area contributed by atoms with Gasteiger partial charge in [0.05, 0.1) is 25.9 Å². The Labute approximate surface area is 109 Å². The fourth-order valence-electron chi connectivity index (χ4n) is 2.11. The molecule has 1 aromatic heterocycles. The molecule has 1 N–H and O–H groups in total. The summed E-state index contributed by atoms with van der Waals surface area (Å²) in [5, 5.41) is 9.36. The molecule has 0 bridgehead atoms. The van der Waals surface area contributed by atoms with Crippen molar-refractivity contribution < 1.29 is 9.84 Å². The lowest BCUT2D eigenvalue weighted by molar-refractivity contribution is 0.0723. The minimum Gasteiger partial charge on any atom is -0.394 e. The van der Waals surface area contributed by atoms with Crippen molar-refractivity contribution in [3.05, 3.63) is 23.9 Å². The number of rotatable bonds is 2. The van der Waals surface area contributed by atoms with Crippen molar-refractivity contribution in [2.24, 2.45) is 0 Å². The van der Waals surface area contributed by atoms with E-state index in [9.17, 15) is 5.11 Å². The lowest BCUT2D eigenvalue weighted by atomic mass is 9.88. The molecule has 1 atom stereocenters. The van der Waals surface area contributed by atoms with Crippen molar-refractivity contribution in [1.82, 2.24) is 4.98 Å². The van der Waals surface area contributed by atoms with Gasteiger partial charge in [-0.15, -0.1) is 0 Å². The molecule has 0 saturated carbocycles. The van der Waals surface area contributed by atoms with Crippen LogP contribution in [0.3, 0.4) is 0 Å². The van der Waals surface area contributed by atoms with Crippen molar-refractivity contribution in [3.8, 4) is 0 Å². The molecule has 0 spiro atoms. The topological polar surface area (TPSA) is 45.6 Å². The van der Waals surface area contributed by atoms with Gasteiger partial charge in [-0.25, -0.2) is 4.98 Å². The molecule has 0 aromatic carbocycles. The number of anilines is 1. The zero-order valence-electron chi connectivity index (χ0n) is 11.4. The minimum atomic E-state index is 0.0201. The van der Waals surface area contributed by atoms with Crippen LogP contribution in [-0.4, -0.2) is 42.5 Å². The first-order valence-electron chi connectivity index (χ1n) is 6.44. The molecule has 1 aliphatic heterocycles. The molecule has 0 radical (unpaired) electrons. The number of pyridine rings is 1. The highest BCUT2D eigenvalue weighted by molar-refractivity contribution is 5.42. The molecule has 4 heteroatoms. The molecule has 18 heavy (non-hydrogen) atoms. The van der Waals surface area contributed by atoms with Crippen LogP contribution >= 0.6 is 0 Å². The Hall–Kier alpha value is -1.13. The smallest absolute Gasteiger partial charge is 0.128 e. The predicted octanol–water partition coefficient (Wildman–Crippen LogP) is 1.58. The van der Waals surface area contributed by atoms with Crippen LogP contribution in [-0.2, 0) is 10.2 Å². The quantitative estimate of drug-likeness (QED) is 0.865. The van der Waals surface area contributed by atoms with Gasteiger partial charge in [-0.1, -0.05) is 26.8 Å². The third-order valence-electron chi connectivity index (χ3n) is 3.35. The van der Waals surface area contributed by atoms with Gasteiger partial charge in [-0.3, -0.25) is 0 Å². The van der Waals surface area contributed by atoms with Gasteiger partial charge >= 0.3 is 0 Å². The summed E-state index contributed by atoms with van der Waals surface area (Å²) in [5.41, 5.74) is 1.34. The number of hydrogen-bond donors (Lipinski definition) is 1. The lowest BCUT2D eigenvalue weighted by Gasteiger charge is -2.35. The number of nitrogens with zero attached hydrogens (tertiary/aromatic N) is 2. The summed E-state index contributed by atoms with van der Waals surface area (Å²) in [7, 11) is 0. The molecule has 0 aliphatic carbocycles. The van der Waals surface area contributed by atoms with Gasteiger partial charge in [0, 0.05) is 12.7 Å². The Morgan fingerprint density at radius 1 is 1.44 bits per heavy atom. The van der Waals surface area contributed by atoms with Crippen LogP contribution in [0.1, 0.15) is 26.3 Å². The number of hydrogen-bond acceptors (Lipinski definition) is 4. The Morgan fingerprint density at radius 3 is 2.78 bits per heavy atom. The first-order chi connectivity index (χ1) is 8.52. The van der Waals surface area contributed by atoms with E-state index in [0.717, 1.165) is 12.4 Å². The molecule has 1 aromatic rings. The maximum Gasteiger partial charge on any atom is 0.128 e. The molecule has 100 valence electrons. The van der Waals surface area contributed by atoms with Crippen LogP contribution < -0.4 is 4.90 Å². The van der Waals surface area contributed by atoms with Gasteiger partial charge in [0.2, 0.25) is 0 Å². The fraction of sp³-hybridized carbons (Fsp3) is 0.643. The van der Waals surface area contributed by atoms with Gasteiger partial charge in [-0.05, 0) is 17.0 Å². The monoisotopic (exact) mass is 250 g/mol. The van der Waals surface area contributed by atoms with Crippen LogP contribution in [0.2, 0.25) is 0 Å². The standard InChI is InChI=1S/C14H22N2O2/c1-14(2,3)11-4-5-13(15-8-11)16-6-7-18-10-12(16)9-17/h4-5,8,12,17H,6-7,9-10H2,1-3H3. The molecular formula is C14H22N2O2. The van der Waals surface area contributed by atoms with E-state index in [1.807, 2.05) is 12.3 Å². The third-order valence-corrected chi connectivity index (χ3v) is 3.35. The van der Waals surface area contributed by atoms with Crippen LogP contribution in [0.15, 0.2) is 18.3 Å². The highest BCUT2D eigenvalue weighted by Gasteiger charge is 2.24. The molecule has 1 aliphatic rings. The van der Waals surface area contributed by atoms with Crippen molar-refractivity contribution in [1.29, 1.82) is 0 Å². The number of aliphatic hydroxyl groups is 1. The van der Waals surface area contributed by atoms with Crippen LogP contribution in [0.5, 0.6) is 0 Å². The summed E-state index contributed by atoms with van der Waals surface area (Å²) in [6.45, 7) is 8.67. The second kappa shape index (κ2) is 5.24. The molecule has 2 rings (SSSR count). The maximum atomic E-state index is 9.36. The van der Waals surface area contributed by atoms with E-state index in [0.29, 0.717) is 13.2 Å². The number of ether oxygens (including phenoxy) is 1. The highest BCUT2D eigenvalue weighted by Crippen LogP contribution is 2.24. The van der Waals surface area contributed by atoms with Crippen molar-refractivity contribution >= 4 is 5.82 Å². The van der Waals surface area contributed by atoms with Crippen LogP contribution in [0, 0.1) is 0 Å². The minimum absolute atomic E-state index is 0.0201. The Bertz CT molecular complexity index is 384. The normalized spacial score (nSPS) is 21.1. The van der Waals surface area contributed by atoms with E-state index in [-0.39, 0.29) is 18.1 Å². The predicted molar refractivity (Wildman–Crippen MR) is 72.0 cm³/mol. The number of morpholine rings is 1. The first-order valence-corrected chi connectivity index (χ1v) is 6.44. The van der Waals surface area contributed by atoms with Gasteiger partial charge in [0.15, 0.2) is 0 Å². The summed E-state index contributed by atoms with van der Waals surface area (Å²) in [6, 6.07) is 4.17. The Kier molecular flexibility index (Phi) is 3.88. The average molecular weight is 250 g/mol. The van der Waals surface area contributed by atoms with Gasteiger partial charge < -0.3 is 14.7 Å². The van der Waals surface area contributed by atoms with E-state index in [1.54, 1.807) is 0 Å². The van der Waals surface area contributed by atoms with E-state index < -0.39 is 0 Å². The molecule has 4 nitrogen and oxygen atoms in total. The summed E-state index contributed by atoms with van der Waals surface area (Å²) < 4.78 is 5.37. The van der Waals surface area contributed by atoms with Gasteiger partial charge in [0.25, 0.3) is 0 Å². The van der Waals surface area contributed by atoms with Crippen LogP contribution in [0.4, 0.5) is 5.82 Å². The summed E-state index contributed by atoms with van der Waals surface area (Å²) >= 11 is 0. The summed E-state index contributed by atoms with van der Waals surface area (Å²) in [6.07, 6.45) is 1.93. The van der Waals surface area contributed by atoms with E-state index in [4.69, 9.17) is 4.74 Å². The Morgan fingerprint density at radius 2 is 2.22 bits per heavy atom. The molecule has 1 fully saturated rings. The lowest BCUT2D eigenvalue weighted by Crippen LogP contribution is -2.48. The van der Waals surface area contributed by atoms with E-state index in [1.165, 1.54) is 5.56 Å². The number of aromatic nitrogens is 1. The average Bonchev–Trinajstić information content (AvgIpc) is 2.38. The van der Waals surface area contributed by atoms with Gasteiger partial charge in [-0.2, -0.15) is 0 Å². The maximum absolute atomic E-state index is 9.36. The molecule has 1 unspecified atom stereocenters. The van der Waals surface area contributed by atoms with E-state index in [2.05, 4.69) is 36.7 Å². The van der Waals surface area contributed by atoms with Crippen molar-refractivity contribution in [2.75, 3.05) is 31.3 Å². The third kappa shape index (κ3) is 2.82. The molecule has 0 amide bonds. The van der Waals surface area contributed by atoms with Crippen LogP contribution in [0.25, 0.3) is 0 Å². The van der Waals surface area contributed by atoms with Gasteiger partial charge in [0.1, 0.15) is 5.82 Å². The van der Waals surface area contributed by atoms with E-state index >= 15 is 0 Å². The molecular weight excluding hydrogens is 228 g/mol. The second-order valence-corrected chi connectivity index (χ2v) is 5.76. The summed E-state index contributed by atoms with van der Waals surface area (Å²) in [5.74, 6) is 0.922. The molecule has 2 heterocycles. The fourth-order valence-corrected chi connectivity index (χ4v) is 2.11. The first kappa shape index (κ1) is 13.3.